The summed E-state index contributed by atoms with van der Waals surface area (Å²) >= 11 is 5.88. The van der Waals surface area contributed by atoms with Gasteiger partial charge in [0.2, 0.25) is 0 Å². The molecule has 0 aliphatic heterocycles. The van der Waals surface area contributed by atoms with E-state index in [0.717, 1.165) is 31.0 Å². The molecule has 0 spiro atoms. The molecule has 2 nitrogen and oxygen atoms in total. The van der Waals surface area contributed by atoms with Crippen LogP contribution in [0.15, 0.2) is 24.3 Å². The molecule has 3 heteroatoms. The van der Waals surface area contributed by atoms with Crippen LogP contribution < -0.4 is 11.1 Å². The second-order valence-electron chi connectivity index (χ2n) is 3.99. The first-order valence-electron chi connectivity index (χ1n) is 5.96. The molecular formula is C13H21ClN2. The predicted octanol–water partition coefficient (Wildman–Crippen LogP) is 3.12. The number of benzene rings is 1. The Kier molecular flexibility index (Phi) is 6.46. The lowest BCUT2D eigenvalue weighted by molar-refractivity contribution is 0.489. The lowest BCUT2D eigenvalue weighted by atomic mass is 10.0. The molecule has 0 bridgehead atoms. The maximum Gasteiger partial charge on any atom is 0.0406 e. The van der Waals surface area contributed by atoms with Gasteiger partial charge < -0.3 is 11.1 Å². The van der Waals surface area contributed by atoms with Gasteiger partial charge in [-0.05, 0) is 43.6 Å². The van der Waals surface area contributed by atoms with Crippen LogP contribution >= 0.6 is 11.6 Å². The normalized spacial score (nSPS) is 12.7. The van der Waals surface area contributed by atoms with E-state index in [1.807, 2.05) is 12.1 Å². The fourth-order valence-electron chi connectivity index (χ4n) is 1.75. The predicted molar refractivity (Wildman–Crippen MR) is 70.8 cm³/mol. The molecule has 0 fully saturated rings. The Morgan fingerprint density at radius 1 is 1.31 bits per heavy atom. The molecule has 0 radical (unpaired) electrons. The molecule has 0 amide bonds. The molecule has 90 valence electrons. The molecule has 1 atom stereocenters. The molecule has 0 saturated heterocycles. The second-order valence-corrected chi connectivity index (χ2v) is 4.43. The van der Waals surface area contributed by atoms with Gasteiger partial charge in [0.25, 0.3) is 0 Å². The Balaban J connectivity index is 2.57. The van der Waals surface area contributed by atoms with Crippen LogP contribution in [0.2, 0.25) is 5.02 Å². The maximum atomic E-state index is 5.88. The lowest BCUT2D eigenvalue weighted by Gasteiger charge is -2.18. The molecule has 1 aromatic carbocycles. The molecule has 1 aromatic rings. The molecular weight excluding hydrogens is 220 g/mol. The fraction of sp³-hybridized carbons (Fsp3) is 0.538. The van der Waals surface area contributed by atoms with Crippen molar-refractivity contribution in [1.82, 2.24) is 5.32 Å². The highest BCUT2D eigenvalue weighted by Crippen LogP contribution is 2.20. The van der Waals surface area contributed by atoms with Gasteiger partial charge in [-0.1, -0.05) is 37.1 Å². The topological polar surface area (TPSA) is 38.0 Å². The van der Waals surface area contributed by atoms with Gasteiger partial charge in [0, 0.05) is 11.1 Å². The van der Waals surface area contributed by atoms with Crippen LogP contribution in [-0.2, 0) is 0 Å². The maximum absolute atomic E-state index is 5.88. The van der Waals surface area contributed by atoms with E-state index in [4.69, 9.17) is 17.3 Å². The quantitative estimate of drug-likeness (QED) is 0.719. The van der Waals surface area contributed by atoms with Crippen molar-refractivity contribution in [2.45, 2.75) is 32.2 Å². The monoisotopic (exact) mass is 240 g/mol. The third-order valence-electron chi connectivity index (χ3n) is 2.62. The zero-order valence-electron chi connectivity index (χ0n) is 9.88. The average molecular weight is 241 g/mol. The van der Waals surface area contributed by atoms with Crippen molar-refractivity contribution in [3.63, 3.8) is 0 Å². The van der Waals surface area contributed by atoms with E-state index < -0.39 is 0 Å². The van der Waals surface area contributed by atoms with Gasteiger partial charge in [-0.2, -0.15) is 0 Å². The van der Waals surface area contributed by atoms with E-state index in [1.54, 1.807) is 0 Å². The SMILES string of the molecule is CCCC(NCCCN)c1ccc(Cl)cc1. The first-order valence-corrected chi connectivity index (χ1v) is 6.34. The van der Waals surface area contributed by atoms with Crippen LogP contribution in [0.5, 0.6) is 0 Å². The number of nitrogens with two attached hydrogens (primary N) is 1. The summed E-state index contributed by atoms with van der Waals surface area (Å²) < 4.78 is 0. The Bertz CT molecular complexity index is 284. The standard InChI is InChI=1S/C13H21ClN2/c1-2-4-13(16-10-3-9-15)11-5-7-12(14)8-6-11/h5-8,13,16H,2-4,9-10,15H2,1H3. The average Bonchev–Trinajstić information content (AvgIpc) is 2.29. The number of hydrogen-bond donors (Lipinski definition) is 2. The molecule has 0 aliphatic carbocycles. The van der Waals surface area contributed by atoms with Gasteiger partial charge in [-0.25, -0.2) is 0 Å². The van der Waals surface area contributed by atoms with E-state index in [9.17, 15) is 0 Å². The minimum Gasteiger partial charge on any atom is -0.330 e. The summed E-state index contributed by atoms with van der Waals surface area (Å²) in [5.74, 6) is 0. The summed E-state index contributed by atoms with van der Waals surface area (Å²) in [6, 6.07) is 8.51. The molecule has 0 heterocycles. The van der Waals surface area contributed by atoms with Crippen molar-refractivity contribution in [3.05, 3.63) is 34.9 Å². The second kappa shape index (κ2) is 7.66. The highest BCUT2D eigenvalue weighted by Gasteiger charge is 2.08. The van der Waals surface area contributed by atoms with Crippen molar-refractivity contribution in [2.24, 2.45) is 5.73 Å². The Labute approximate surface area is 103 Å². The van der Waals surface area contributed by atoms with Crippen molar-refractivity contribution in [2.75, 3.05) is 13.1 Å². The summed E-state index contributed by atoms with van der Waals surface area (Å²) in [7, 11) is 0. The zero-order valence-corrected chi connectivity index (χ0v) is 10.6. The summed E-state index contributed by atoms with van der Waals surface area (Å²) in [6.07, 6.45) is 3.34. The van der Waals surface area contributed by atoms with Crippen molar-refractivity contribution >= 4 is 11.6 Å². The number of rotatable bonds is 7. The largest absolute Gasteiger partial charge is 0.330 e. The fourth-order valence-corrected chi connectivity index (χ4v) is 1.87. The van der Waals surface area contributed by atoms with Crippen LogP contribution in [-0.4, -0.2) is 13.1 Å². The lowest BCUT2D eigenvalue weighted by Crippen LogP contribution is -2.24. The summed E-state index contributed by atoms with van der Waals surface area (Å²) in [4.78, 5) is 0. The minimum absolute atomic E-state index is 0.425. The summed E-state index contributed by atoms with van der Waals surface area (Å²) in [5, 5.41) is 4.33. The van der Waals surface area contributed by atoms with Crippen LogP contribution in [0.3, 0.4) is 0 Å². The van der Waals surface area contributed by atoms with Crippen LogP contribution in [0.4, 0.5) is 0 Å². The van der Waals surface area contributed by atoms with E-state index in [-0.39, 0.29) is 0 Å². The van der Waals surface area contributed by atoms with Gasteiger partial charge in [0.1, 0.15) is 0 Å². The van der Waals surface area contributed by atoms with Crippen molar-refractivity contribution < 1.29 is 0 Å². The first-order chi connectivity index (χ1) is 7.77. The van der Waals surface area contributed by atoms with Gasteiger partial charge in [-0.15, -0.1) is 0 Å². The van der Waals surface area contributed by atoms with Gasteiger partial charge in [0.05, 0.1) is 0 Å². The first kappa shape index (κ1) is 13.5. The highest BCUT2D eigenvalue weighted by molar-refractivity contribution is 6.30. The van der Waals surface area contributed by atoms with Gasteiger partial charge >= 0.3 is 0 Å². The smallest absolute Gasteiger partial charge is 0.0406 e. The Hall–Kier alpha value is -0.570. The van der Waals surface area contributed by atoms with Crippen LogP contribution in [0.25, 0.3) is 0 Å². The van der Waals surface area contributed by atoms with E-state index in [2.05, 4.69) is 24.4 Å². The molecule has 0 aromatic heterocycles. The van der Waals surface area contributed by atoms with Gasteiger partial charge in [-0.3, -0.25) is 0 Å². The number of halogens is 1. The highest BCUT2D eigenvalue weighted by atomic mass is 35.5. The third kappa shape index (κ3) is 4.52. The van der Waals surface area contributed by atoms with E-state index in [1.165, 1.54) is 12.0 Å². The third-order valence-corrected chi connectivity index (χ3v) is 2.87. The van der Waals surface area contributed by atoms with Crippen molar-refractivity contribution in [3.8, 4) is 0 Å². The molecule has 0 saturated carbocycles. The number of nitrogens with one attached hydrogen (secondary N) is 1. The van der Waals surface area contributed by atoms with E-state index in [0.29, 0.717) is 6.04 Å². The van der Waals surface area contributed by atoms with Crippen LogP contribution in [0, 0.1) is 0 Å². The minimum atomic E-state index is 0.425. The molecule has 1 unspecified atom stereocenters. The molecule has 16 heavy (non-hydrogen) atoms. The Morgan fingerprint density at radius 2 is 2.00 bits per heavy atom. The molecule has 0 aliphatic rings. The van der Waals surface area contributed by atoms with Crippen LogP contribution in [0.1, 0.15) is 37.8 Å². The van der Waals surface area contributed by atoms with E-state index >= 15 is 0 Å². The van der Waals surface area contributed by atoms with Gasteiger partial charge in [0.15, 0.2) is 0 Å². The summed E-state index contributed by atoms with van der Waals surface area (Å²) in [5.41, 5.74) is 6.80. The Morgan fingerprint density at radius 3 is 2.56 bits per heavy atom. The molecule has 3 N–H and O–H groups in total. The molecule has 1 rings (SSSR count). The van der Waals surface area contributed by atoms with Crippen molar-refractivity contribution in [1.29, 1.82) is 0 Å². The summed E-state index contributed by atoms with van der Waals surface area (Å²) in [6.45, 7) is 3.92. The zero-order chi connectivity index (χ0) is 11.8. The number of hydrogen-bond acceptors (Lipinski definition) is 2.